The molecule has 0 saturated heterocycles. The fraction of sp³-hybridized carbons (Fsp3) is 0.250. The van der Waals surface area contributed by atoms with Crippen LogP contribution in [0.3, 0.4) is 0 Å². The Morgan fingerprint density at radius 2 is 1.47 bits per heavy atom. The molecular weight excluding hydrogens is 438 g/mol. The summed E-state index contributed by atoms with van der Waals surface area (Å²) < 4.78 is 11.7. The molecule has 3 N–H and O–H groups in total. The van der Waals surface area contributed by atoms with Gasteiger partial charge in [-0.05, 0) is 42.0 Å². The molecule has 3 rings (SSSR count). The third-order valence-electron chi connectivity index (χ3n) is 4.88. The zero-order valence-corrected chi connectivity index (χ0v) is 19.2. The predicted octanol–water partition coefficient (Wildman–Crippen LogP) is 2.75. The summed E-state index contributed by atoms with van der Waals surface area (Å²) >= 11 is 0. The number of rotatable bonds is 10. The predicted molar refractivity (Wildman–Crippen MR) is 127 cm³/mol. The topological polar surface area (TPSA) is 124 Å². The molecule has 1 heterocycles. The van der Waals surface area contributed by atoms with Crippen LogP contribution in [0.25, 0.3) is 0 Å². The Morgan fingerprint density at radius 1 is 0.882 bits per heavy atom. The summed E-state index contributed by atoms with van der Waals surface area (Å²) in [4.78, 5) is 36.5. The fourth-order valence-corrected chi connectivity index (χ4v) is 3.27. The third kappa shape index (κ3) is 7.09. The number of anilines is 2. The Hall–Kier alpha value is -4.34. The fourth-order valence-electron chi connectivity index (χ4n) is 3.27. The van der Waals surface area contributed by atoms with Crippen LogP contribution in [0.15, 0.2) is 60.9 Å². The summed E-state index contributed by atoms with van der Waals surface area (Å²) in [5.74, 6) is 0.550. The lowest BCUT2D eigenvalue weighted by Gasteiger charge is -2.18. The lowest BCUT2D eigenvalue weighted by molar-refractivity contribution is -0.120. The number of carbonyl (C=O) groups excluding carboxylic acids is 3. The number of methoxy groups -OCH3 is 2. The zero-order chi connectivity index (χ0) is 24.5. The van der Waals surface area contributed by atoms with E-state index >= 15 is 0 Å². The smallest absolute Gasteiger partial charge is 0.246 e. The lowest BCUT2D eigenvalue weighted by atomic mass is 10.0. The van der Waals surface area contributed by atoms with Crippen LogP contribution in [0.4, 0.5) is 11.4 Å². The molecule has 178 valence electrons. The highest BCUT2D eigenvalue weighted by atomic mass is 16.5. The monoisotopic (exact) mass is 465 g/mol. The van der Waals surface area contributed by atoms with Crippen molar-refractivity contribution >= 4 is 29.1 Å². The summed E-state index contributed by atoms with van der Waals surface area (Å²) in [5.41, 5.74) is 1.85. The van der Waals surface area contributed by atoms with Crippen LogP contribution < -0.4 is 25.4 Å². The summed E-state index contributed by atoms with van der Waals surface area (Å²) in [7, 11) is 3.14. The van der Waals surface area contributed by atoms with Gasteiger partial charge in [0.25, 0.3) is 0 Å². The van der Waals surface area contributed by atoms with E-state index in [-0.39, 0.29) is 30.7 Å². The SMILES string of the molecule is COc1ccc(NC(=O)Cn2cc(NC(=O)CC(NC(C)=O)c3ccc(OC)cc3)cn2)cc1. The molecule has 1 aromatic heterocycles. The molecule has 0 radical (unpaired) electrons. The van der Waals surface area contributed by atoms with Gasteiger partial charge in [0.2, 0.25) is 17.7 Å². The van der Waals surface area contributed by atoms with Crippen molar-refractivity contribution in [1.29, 1.82) is 0 Å². The van der Waals surface area contributed by atoms with E-state index in [0.717, 1.165) is 5.56 Å². The highest BCUT2D eigenvalue weighted by Gasteiger charge is 2.18. The van der Waals surface area contributed by atoms with Gasteiger partial charge in [-0.3, -0.25) is 19.1 Å². The second-order valence-electron chi connectivity index (χ2n) is 7.48. The van der Waals surface area contributed by atoms with E-state index in [1.165, 1.54) is 17.8 Å². The van der Waals surface area contributed by atoms with Crippen LogP contribution >= 0.6 is 0 Å². The van der Waals surface area contributed by atoms with Gasteiger partial charge in [0, 0.05) is 18.8 Å². The Labute approximate surface area is 197 Å². The molecule has 10 nitrogen and oxygen atoms in total. The van der Waals surface area contributed by atoms with Crippen molar-refractivity contribution in [3.8, 4) is 11.5 Å². The molecule has 0 aliphatic carbocycles. The van der Waals surface area contributed by atoms with Gasteiger partial charge in [-0.25, -0.2) is 0 Å². The summed E-state index contributed by atoms with van der Waals surface area (Å²) in [6.45, 7) is 1.37. The quantitative estimate of drug-likeness (QED) is 0.423. The molecule has 1 atom stereocenters. The number of nitrogens with zero attached hydrogens (tertiary/aromatic N) is 2. The second-order valence-corrected chi connectivity index (χ2v) is 7.48. The van der Waals surface area contributed by atoms with Crippen LogP contribution in [0, 0.1) is 0 Å². The lowest BCUT2D eigenvalue weighted by Crippen LogP contribution is -2.29. The molecule has 0 aliphatic rings. The number of carbonyl (C=O) groups is 3. The van der Waals surface area contributed by atoms with Crippen molar-refractivity contribution in [2.24, 2.45) is 0 Å². The summed E-state index contributed by atoms with van der Waals surface area (Å²) in [5, 5.41) is 12.4. The zero-order valence-electron chi connectivity index (χ0n) is 19.2. The molecule has 1 unspecified atom stereocenters. The van der Waals surface area contributed by atoms with Gasteiger partial charge in [-0.15, -0.1) is 0 Å². The van der Waals surface area contributed by atoms with Crippen molar-refractivity contribution in [1.82, 2.24) is 15.1 Å². The van der Waals surface area contributed by atoms with Gasteiger partial charge in [-0.1, -0.05) is 12.1 Å². The van der Waals surface area contributed by atoms with E-state index < -0.39 is 6.04 Å². The molecule has 3 aromatic rings. The first kappa shape index (κ1) is 24.3. The van der Waals surface area contributed by atoms with Crippen molar-refractivity contribution in [2.45, 2.75) is 25.9 Å². The number of hydrogen-bond acceptors (Lipinski definition) is 6. The van der Waals surface area contributed by atoms with E-state index in [0.29, 0.717) is 22.9 Å². The molecular formula is C24H27N5O5. The minimum absolute atomic E-state index is 0.0229. The van der Waals surface area contributed by atoms with Gasteiger partial charge in [0.1, 0.15) is 18.0 Å². The maximum absolute atomic E-state index is 12.6. The number of nitrogens with one attached hydrogen (secondary N) is 3. The minimum Gasteiger partial charge on any atom is -0.497 e. The molecule has 10 heteroatoms. The average Bonchev–Trinajstić information content (AvgIpc) is 3.25. The van der Waals surface area contributed by atoms with E-state index in [1.807, 2.05) is 0 Å². The van der Waals surface area contributed by atoms with Gasteiger partial charge in [0.15, 0.2) is 0 Å². The van der Waals surface area contributed by atoms with Crippen molar-refractivity contribution in [3.63, 3.8) is 0 Å². The van der Waals surface area contributed by atoms with Crippen molar-refractivity contribution in [2.75, 3.05) is 24.9 Å². The standard InChI is InChI=1S/C24H27N5O5/c1-16(30)26-22(17-4-8-20(33-2)9-5-17)12-23(31)28-19-13-25-29(14-19)15-24(32)27-18-6-10-21(34-3)11-7-18/h4-11,13-14,22H,12,15H2,1-3H3,(H,26,30)(H,27,32)(H,28,31). The first-order chi connectivity index (χ1) is 16.4. The average molecular weight is 466 g/mol. The van der Waals surface area contributed by atoms with Crippen LogP contribution in [-0.2, 0) is 20.9 Å². The van der Waals surface area contributed by atoms with Gasteiger partial charge in [-0.2, -0.15) is 5.10 Å². The number of aromatic nitrogens is 2. The highest BCUT2D eigenvalue weighted by molar-refractivity contribution is 5.92. The summed E-state index contributed by atoms with van der Waals surface area (Å²) in [6.07, 6.45) is 3.04. The maximum atomic E-state index is 12.6. The number of benzene rings is 2. The first-order valence-electron chi connectivity index (χ1n) is 10.5. The Morgan fingerprint density at radius 3 is 2.06 bits per heavy atom. The minimum atomic E-state index is -0.506. The van der Waals surface area contributed by atoms with Crippen molar-refractivity contribution in [3.05, 3.63) is 66.5 Å². The van der Waals surface area contributed by atoms with E-state index in [2.05, 4.69) is 21.0 Å². The highest BCUT2D eigenvalue weighted by Crippen LogP contribution is 2.21. The number of amides is 3. The summed E-state index contributed by atoms with van der Waals surface area (Å²) in [6, 6.07) is 13.6. The molecule has 2 aromatic carbocycles. The van der Waals surface area contributed by atoms with Crippen molar-refractivity contribution < 1.29 is 23.9 Å². The molecule has 3 amide bonds. The van der Waals surface area contributed by atoms with Crippen LogP contribution in [0.5, 0.6) is 11.5 Å². The van der Waals surface area contributed by atoms with Gasteiger partial charge < -0.3 is 25.4 Å². The van der Waals surface area contributed by atoms with Crippen LogP contribution in [-0.4, -0.2) is 41.7 Å². The number of ether oxygens (including phenoxy) is 2. The van der Waals surface area contributed by atoms with Gasteiger partial charge in [0.05, 0.1) is 38.6 Å². The molecule has 0 fully saturated rings. The normalized spacial score (nSPS) is 11.3. The molecule has 0 saturated carbocycles. The molecule has 0 bridgehead atoms. The Bertz CT molecular complexity index is 1130. The van der Waals surface area contributed by atoms with Crippen LogP contribution in [0.1, 0.15) is 24.9 Å². The maximum Gasteiger partial charge on any atom is 0.246 e. The van der Waals surface area contributed by atoms with E-state index in [1.54, 1.807) is 68.9 Å². The molecule has 34 heavy (non-hydrogen) atoms. The van der Waals surface area contributed by atoms with E-state index in [9.17, 15) is 14.4 Å². The number of hydrogen-bond donors (Lipinski definition) is 3. The van der Waals surface area contributed by atoms with E-state index in [4.69, 9.17) is 9.47 Å². The van der Waals surface area contributed by atoms with Crippen LogP contribution in [0.2, 0.25) is 0 Å². The second kappa shape index (κ2) is 11.5. The molecule has 0 spiro atoms. The largest absolute Gasteiger partial charge is 0.497 e. The Kier molecular flexibility index (Phi) is 8.22. The third-order valence-corrected chi connectivity index (χ3v) is 4.88. The van der Waals surface area contributed by atoms with Gasteiger partial charge >= 0.3 is 0 Å². The molecule has 0 aliphatic heterocycles. The Balaban J connectivity index is 1.56. The first-order valence-corrected chi connectivity index (χ1v) is 10.5.